The zero-order valence-electron chi connectivity index (χ0n) is 12.0. The molecule has 0 spiro atoms. The average Bonchev–Trinajstić information content (AvgIpc) is 2.42. The Hall–Kier alpha value is -1.22. The summed E-state index contributed by atoms with van der Waals surface area (Å²) in [5.41, 5.74) is 2.59. The molecule has 1 aromatic carbocycles. The van der Waals surface area contributed by atoms with E-state index in [0.29, 0.717) is 0 Å². The molecule has 0 aliphatic heterocycles. The molecule has 0 aromatic heterocycles. The van der Waals surface area contributed by atoms with Crippen molar-refractivity contribution < 1.29 is 0 Å². The minimum Gasteiger partial charge on any atom is -0.0979 e. The summed E-state index contributed by atoms with van der Waals surface area (Å²) in [6.07, 6.45) is 9.98. The van der Waals surface area contributed by atoms with Crippen LogP contribution >= 0.6 is 0 Å². The molecule has 0 atom stereocenters. The van der Waals surface area contributed by atoms with Crippen molar-refractivity contribution in [3.05, 3.63) is 35.4 Å². The van der Waals surface area contributed by atoms with Crippen LogP contribution in [0.5, 0.6) is 0 Å². The van der Waals surface area contributed by atoms with Gasteiger partial charge in [0.2, 0.25) is 0 Å². The third-order valence-corrected chi connectivity index (χ3v) is 3.16. The molecule has 0 heterocycles. The van der Waals surface area contributed by atoms with Gasteiger partial charge in [-0.25, -0.2) is 0 Å². The predicted molar refractivity (Wildman–Crippen MR) is 80.7 cm³/mol. The Morgan fingerprint density at radius 1 is 0.833 bits per heavy atom. The van der Waals surface area contributed by atoms with E-state index in [9.17, 15) is 0 Å². The minimum absolute atomic E-state index is 1.04. The molecule has 18 heavy (non-hydrogen) atoms. The molecule has 0 radical (unpaired) electrons. The van der Waals surface area contributed by atoms with Crippen LogP contribution in [0.2, 0.25) is 0 Å². The van der Waals surface area contributed by atoms with Crippen molar-refractivity contribution in [1.29, 1.82) is 0 Å². The number of unbranched alkanes of at least 4 members (excludes halogenated alkanes) is 5. The minimum atomic E-state index is 1.04. The first-order valence-electron chi connectivity index (χ1n) is 7.44. The zero-order chi connectivity index (χ0) is 13.1. The van der Waals surface area contributed by atoms with Gasteiger partial charge in [0.05, 0.1) is 0 Å². The molecule has 0 unspecified atom stereocenters. The Labute approximate surface area is 113 Å². The van der Waals surface area contributed by atoms with E-state index in [2.05, 4.69) is 50.0 Å². The Balaban J connectivity index is 2.32. The highest BCUT2D eigenvalue weighted by molar-refractivity contribution is 5.36. The van der Waals surface area contributed by atoms with Crippen molar-refractivity contribution in [3.63, 3.8) is 0 Å². The Bertz CT molecular complexity index is 361. The molecule has 98 valence electrons. The fraction of sp³-hybridized carbons (Fsp3) is 0.556. The van der Waals surface area contributed by atoms with Gasteiger partial charge >= 0.3 is 0 Å². The van der Waals surface area contributed by atoms with Crippen molar-refractivity contribution in [1.82, 2.24) is 0 Å². The molecular weight excluding hydrogens is 216 g/mol. The van der Waals surface area contributed by atoms with E-state index in [0.717, 1.165) is 12.0 Å². The first kappa shape index (κ1) is 14.8. The maximum absolute atomic E-state index is 3.27. The highest BCUT2D eigenvalue weighted by Crippen LogP contribution is 2.07. The standard InChI is InChI=1S/C18H26/c1-3-5-7-8-9-10-12-18-15-13-17(14-16-18)11-6-4-2/h13-16H,3-9,11H2,1-2H3. The molecule has 1 aromatic rings. The lowest BCUT2D eigenvalue weighted by Crippen LogP contribution is -1.84. The smallest absolute Gasteiger partial charge is 0.0245 e. The third-order valence-electron chi connectivity index (χ3n) is 3.16. The SMILES string of the molecule is CCCCCCC#Cc1ccc(CCCC)cc1. The predicted octanol–water partition coefficient (Wildman–Crippen LogP) is 5.35. The summed E-state index contributed by atoms with van der Waals surface area (Å²) in [6.45, 7) is 4.48. The summed E-state index contributed by atoms with van der Waals surface area (Å²) < 4.78 is 0. The summed E-state index contributed by atoms with van der Waals surface area (Å²) >= 11 is 0. The molecule has 0 saturated carbocycles. The van der Waals surface area contributed by atoms with E-state index >= 15 is 0 Å². The van der Waals surface area contributed by atoms with Crippen LogP contribution in [-0.2, 0) is 6.42 Å². The second-order valence-electron chi connectivity index (χ2n) is 4.91. The number of rotatable bonds is 7. The van der Waals surface area contributed by atoms with E-state index in [1.165, 1.54) is 50.5 Å². The fourth-order valence-electron chi connectivity index (χ4n) is 1.94. The maximum Gasteiger partial charge on any atom is 0.0245 e. The molecule has 1 rings (SSSR count). The van der Waals surface area contributed by atoms with Crippen molar-refractivity contribution in [2.45, 2.75) is 65.2 Å². The van der Waals surface area contributed by atoms with Gasteiger partial charge in [0, 0.05) is 12.0 Å². The van der Waals surface area contributed by atoms with E-state index < -0.39 is 0 Å². The van der Waals surface area contributed by atoms with Gasteiger partial charge in [-0.3, -0.25) is 0 Å². The van der Waals surface area contributed by atoms with E-state index in [1.807, 2.05) is 0 Å². The van der Waals surface area contributed by atoms with Crippen molar-refractivity contribution in [2.24, 2.45) is 0 Å². The van der Waals surface area contributed by atoms with Gasteiger partial charge < -0.3 is 0 Å². The van der Waals surface area contributed by atoms with Crippen LogP contribution in [0.1, 0.15) is 69.9 Å². The Morgan fingerprint density at radius 3 is 2.22 bits per heavy atom. The molecule has 0 amide bonds. The molecular formula is C18H26. The molecule has 0 aliphatic rings. The number of hydrogen-bond donors (Lipinski definition) is 0. The lowest BCUT2D eigenvalue weighted by molar-refractivity contribution is 0.679. The average molecular weight is 242 g/mol. The largest absolute Gasteiger partial charge is 0.0979 e. The van der Waals surface area contributed by atoms with Crippen LogP contribution in [0.15, 0.2) is 24.3 Å². The van der Waals surface area contributed by atoms with Crippen LogP contribution in [0.3, 0.4) is 0 Å². The number of hydrogen-bond acceptors (Lipinski definition) is 0. The summed E-state index contributed by atoms with van der Waals surface area (Å²) in [6, 6.07) is 8.75. The molecule has 0 fully saturated rings. The molecule has 0 nitrogen and oxygen atoms in total. The topological polar surface area (TPSA) is 0 Å². The molecule has 0 saturated heterocycles. The molecule has 0 heteroatoms. The first-order valence-corrected chi connectivity index (χ1v) is 7.44. The Morgan fingerprint density at radius 2 is 1.56 bits per heavy atom. The lowest BCUT2D eigenvalue weighted by Gasteiger charge is -1.99. The van der Waals surface area contributed by atoms with E-state index in [-0.39, 0.29) is 0 Å². The van der Waals surface area contributed by atoms with Gasteiger partial charge in [-0.05, 0) is 37.0 Å². The van der Waals surface area contributed by atoms with Gasteiger partial charge in [-0.2, -0.15) is 0 Å². The molecule has 0 N–H and O–H groups in total. The number of aryl methyl sites for hydroxylation is 1. The van der Waals surface area contributed by atoms with Crippen LogP contribution in [0, 0.1) is 11.8 Å². The summed E-state index contributed by atoms with van der Waals surface area (Å²) in [4.78, 5) is 0. The fourth-order valence-corrected chi connectivity index (χ4v) is 1.94. The van der Waals surface area contributed by atoms with Crippen molar-refractivity contribution in [2.75, 3.05) is 0 Å². The normalized spacial score (nSPS) is 9.89. The highest BCUT2D eigenvalue weighted by Gasteiger charge is 1.92. The summed E-state index contributed by atoms with van der Waals surface area (Å²) in [5, 5.41) is 0. The maximum atomic E-state index is 3.27. The van der Waals surface area contributed by atoms with Crippen molar-refractivity contribution >= 4 is 0 Å². The van der Waals surface area contributed by atoms with Gasteiger partial charge in [0.25, 0.3) is 0 Å². The number of benzene rings is 1. The highest BCUT2D eigenvalue weighted by atomic mass is 14.0. The van der Waals surface area contributed by atoms with Crippen LogP contribution in [-0.4, -0.2) is 0 Å². The summed E-state index contributed by atoms with van der Waals surface area (Å²) in [7, 11) is 0. The lowest BCUT2D eigenvalue weighted by atomic mass is 10.1. The monoisotopic (exact) mass is 242 g/mol. The van der Waals surface area contributed by atoms with Gasteiger partial charge in [0.1, 0.15) is 0 Å². The van der Waals surface area contributed by atoms with Crippen LogP contribution < -0.4 is 0 Å². The van der Waals surface area contributed by atoms with Crippen LogP contribution in [0.4, 0.5) is 0 Å². The van der Waals surface area contributed by atoms with Crippen molar-refractivity contribution in [3.8, 4) is 11.8 Å². The van der Waals surface area contributed by atoms with Gasteiger partial charge in [0.15, 0.2) is 0 Å². The summed E-state index contributed by atoms with van der Waals surface area (Å²) in [5.74, 6) is 6.53. The van der Waals surface area contributed by atoms with E-state index in [1.54, 1.807) is 0 Å². The zero-order valence-corrected chi connectivity index (χ0v) is 12.0. The van der Waals surface area contributed by atoms with Crippen LogP contribution in [0.25, 0.3) is 0 Å². The quantitative estimate of drug-likeness (QED) is 0.446. The first-order chi connectivity index (χ1) is 8.86. The van der Waals surface area contributed by atoms with Gasteiger partial charge in [-0.1, -0.05) is 63.5 Å². The Kier molecular flexibility index (Phi) is 8.06. The second-order valence-corrected chi connectivity index (χ2v) is 4.91. The second kappa shape index (κ2) is 9.77. The third kappa shape index (κ3) is 6.50. The van der Waals surface area contributed by atoms with Gasteiger partial charge in [-0.15, -0.1) is 0 Å². The van der Waals surface area contributed by atoms with E-state index in [4.69, 9.17) is 0 Å². The molecule has 0 aliphatic carbocycles. The molecule has 0 bridgehead atoms.